The Morgan fingerprint density at radius 3 is 2.04 bits per heavy atom. The number of hydrogen-bond acceptors (Lipinski definition) is 12. The lowest BCUT2D eigenvalue weighted by Crippen LogP contribution is -2.37. The molecule has 1 aromatic heterocycles. The maximum Gasteiger partial charge on any atom is 0.508 e. The van der Waals surface area contributed by atoms with Gasteiger partial charge in [-0.15, -0.1) is 0 Å². The fourth-order valence-corrected chi connectivity index (χ4v) is 6.86. The number of benzene rings is 3. The van der Waals surface area contributed by atoms with Crippen molar-refractivity contribution in [2.45, 2.75) is 88.8 Å². The fraction of sp³-hybridized carbons (Fsp3) is 0.439. The van der Waals surface area contributed by atoms with Crippen molar-refractivity contribution in [1.82, 2.24) is 9.55 Å². The topological polar surface area (TPSA) is 138 Å². The molecule has 0 aliphatic carbocycles. The van der Waals surface area contributed by atoms with Crippen molar-refractivity contribution in [3.05, 3.63) is 118 Å². The number of nitrogens with one attached hydrogen (secondary N) is 1. The first-order valence-corrected chi connectivity index (χ1v) is 18.4. The van der Waals surface area contributed by atoms with Crippen molar-refractivity contribution in [1.29, 1.82) is 0 Å². The van der Waals surface area contributed by atoms with Gasteiger partial charge in [0.15, 0.2) is 23.4 Å². The summed E-state index contributed by atoms with van der Waals surface area (Å²) >= 11 is 0. The summed E-state index contributed by atoms with van der Waals surface area (Å²) in [5.74, 6) is 0.582. The summed E-state index contributed by atoms with van der Waals surface area (Å²) in [5.41, 5.74) is 3.54. The maximum absolute atomic E-state index is 13.7. The SMILES string of the molecule is CCCCCCCOC(=O)OC[C@H]1O[C@@H](n2ccc(NOC(c3ccccc3)(c3ccc(OC)cc3)c3ccc(OC)cc3)nc2=O)C2OC(C)(C)O[C@H]21. The molecule has 3 heterocycles. The molecule has 0 spiro atoms. The van der Waals surface area contributed by atoms with Crippen LogP contribution in [0.15, 0.2) is 95.9 Å². The molecule has 13 nitrogen and oxygen atoms in total. The number of aromatic nitrogens is 2. The van der Waals surface area contributed by atoms with Crippen LogP contribution in [0.5, 0.6) is 11.5 Å². The van der Waals surface area contributed by atoms with Gasteiger partial charge in [-0.05, 0) is 67.3 Å². The van der Waals surface area contributed by atoms with Crippen LogP contribution in [0.25, 0.3) is 0 Å². The quantitative estimate of drug-likeness (QED) is 0.0509. The van der Waals surface area contributed by atoms with Crippen LogP contribution in [0.1, 0.15) is 75.8 Å². The van der Waals surface area contributed by atoms with Crippen molar-refractivity contribution in [3.8, 4) is 11.5 Å². The van der Waals surface area contributed by atoms with E-state index in [-0.39, 0.29) is 19.0 Å². The molecule has 4 aromatic rings. The average molecular weight is 744 g/mol. The van der Waals surface area contributed by atoms with E-state index in [0.29, 0.717) is 11.5 Å². The zero-order valence-electron chi connectivity index (χ0n) is 31.4. The van der Waals surface area contributed by atoms with Crippen molar-refractivity contribution in [3.63, 3.8) is 0 Å². The van der Waals surface area contributed by atoms with E-state index in [2.05, 4.69) is 17.4 Å². The number of rotatable bonds is 17. The minimum Gasteiger partial charge on any atom is -0.497 e. The first-order chi connectivity index (χ1) is 26.2. The van der Waals surface area contributed by atoms with Crippen molar-refractivity contribution in [2.24, 2.45) is 0 Å². The second kappa shape index (κ2) is 17.5. The Labute approximate surface area is 315 Å². The molecule has 2 aliphatic rings. The standard InChI is InChI=1S/C41H49N3O10/c1-6-7-8-9-13-26-49-39(46)50-27-33-35-36(53-40(2,3)52-35)37(51-33)44-25-24-34(42-38(44)45)43-54-41(28-14-11-10-12-15-28,29-16-20-31(47-4)21-17-29)30-18-22-32(48-5)23-19-30/h10-12,14-25,33,35-37H,6-9,13,26-27H2,1-5H3,(H,42,43,45)/t33-,35+,36?,37-/m1/s1. The molecular weight excluding hydrogens is 694 g/mol. The highest BCUT2D eigenvalue weighted by atomic mass is 16.8. The van der Waals surface area contributed by atoms with Gasteiger partial charge < -0.3 is 33.2 Å². The summed E-state index contributed by atoms with van der Waals surface area (Å²) in [6.07, 6.45) is 3.02. The molecule has 1 unspecified atom stereocenters. The van der Waals surface area contributed by atoms with Crippen LogP contribution in [0, 0.1) is 0 Å². The van der Waals surface area contributed by atoms with E-state index in [4.69, 9.17) is 38.0 Å². The number of methoxy groups -OCH3 is 2. The minimum atomic E-state index is -1.21. The molecule has 2 saturated heterocycles. The van der Waals surface area contributed by atoms with Gasteiger partial charge in [0.2, 0.25) is 0 Å². The first-order valence-electron chi connectivity index (χ1n) is 18.4. The highest BCUT2D eigenvalue weighted by molar-refractivity contribution is 5.59. The van der Waals surface area contributed by atoms with E-state index < -0.39 is 47.8 Å². The summed E-state index contributed by atoms with van der Waals surface area (Å²) < 4.78 is 41.4. The summed E-state index contributed by atoms with van der Waals surface area (Å²) in [6.45, 7) is 5.86. The Hall–Kier alpha value is -4.95. The zero-order chi connectivity index (χ0) is 38.1. The summed E-state index contributed by atoms with van der Waals surface area (Å²) in [7, 11) is 3.22. The molecule has 2 aliphatic heterocycles. The lowest BCUT2D eigenvalue weighted by Gasteiger charge is -2.35. The van der Waals surface area contributed by atoms with Crippen LogP contribution in [0.3, 0.4) is 0 Å². The molecule has 3 aromatic carbocycles. The molecule has 0 saturated carbocycles. The van der Waals surface area contributed by atoms with Gasteiger partial charge in [-0.3, -0.25) is 9.40 Å². The molecule has 0 amide bonds. The fourth-order valence-electron chi connectivity index (χ4n) is 6.86. The Morgan fingerprint density at radius 2 is 1.43 bits per heavy atom. The Balaban J connectivity index is 1.22. The number of anilines is 1. The van der Waals surface area contributed by atoms with Crippen LogP contribution in [-0.4, -0.2) is 67.2 Å². The van der Waals surface area contributed by atoms with Crippen LogP contribution in [0.4, 0.5) is 10.6 Å². The molecule has 0 radical (unpaired) electrons. The molecule has 0 bridgehead atoms. The number of hydrogen-bond donors (Lipinski definition) is 1. The normalized spacial score (nSPS) is 20.2. The monoisotopic (exact) mass is 743 g/mol. The van der Waals surface area contributed by atoms with Crippen LogP contribution >= 0.6 is 0 Å². The molecule has 288 valence electrons. The smallest absolute Gasteiger partial charge is 0.497 e. The lowest BCUT2D eigenvalue weighted by atomic mass is 9.80. The van der Waals surface area contributed by atoms with Gasteiger partial charge in [-0.2, -0.15) is 4.98 Å². The highest BCUT2D eigenvalue weighted by Gasteiger charge is 2.56. The first kappa shape index (κ1) is 38.8. The molecule has 4 atom stereocenters. The predicted octanol–water partition coefficient (Wildman–Crippen LogP) is 7.14. The predicted molar refractivity (Wildman–Crippen MR) is 199 cm³/mol. The van der Waals surface area contributed by atoms with Crippen LogP contribution < -0.4 is 20.6 Å². The number of unbranched alkanes of at least 4 members (excludes halogenated alkanes) is 4. The van der Waals surface area contributed by atoms with Gasteiger partial charge in [-0.25, -0.2) is 15.1 Å². The Morgan fingerprint density at radius 1 is 0.815 bits per heavy atom. The lowest BCUT2D eigenvalue weighted by molar-refractivity contribution is -0.201. The van der Waals surface area contributed by atoms with Gasteiger partial charge in [0.1, 0.15) is 36.4 Å². The molecule has 2 fully saturated rings. The highest BCUT2D eigenvalue weighted by Crippen LogP contribution is 2.44. The van der Waals surface area contributed by atoms with Gasteiger partial charge in [0.05, 0.1) is 20.8 Å². The average Bonchev–Trinajstić information content (AvgIpc) is 3.68. The van der Waals surface area contributed by atoms with E-state index in [9.17, 15) is 9.59 Å². The second-order valence-electron chi connectivity index (χ2n) is 13.7. The number of ether oxygens (including phenoxy) is 7. The molecular formula is C41H49N3O10. The second-order valence-corrected chi connectivity index (χ2v) is 13.7. The zero-order valence-corrected chi connectivity index (χ0v) is 31.4. The number of carbonyl (C=O) groups excluding carboxylic acids is 1. The summed E-state index contributed by atoms with van der Waals surface area (Å²) in [5, 5.41) is 0. The number of carbonyl (C=O) groups is 1. The van der Waals surface area contributed by atoms with E-state index in [0.717, 1.165) is 48.8 Å². The van der Waals surface area contributed by atoms with Crippen molar-refractivity contribution in [2.75, 3.05) is 32.9 Å². The van der Waals surface area contributed by atoms with Gasteiger partial charge in [0, 0.05) is 6.20 Å². The number of nitrogens with zero attached hydrogens (tertiary/aromatic N) is 2. The molecule has 6 rings (SSSR count). The van der Waals surface area contributed by atoms with E-state index >= 15 is 0 Å². The van der Waals surface area contributed by atoms with E-state index in [1.807, 2.05) is 78.9 Å². The maximum atomic E-state index is 13.7. The Kier molecular flexibility index (Phi) is 12.5. The Bertz CT molecular complexity index is 1820. The molecule has 13 heteroatoms. The third kappa shape index (κ3) is 8.71. The third-order valence-electron chi connectivity index (χ3n) is 9.54. The number of fused-ring (bicyclic) bond motifs is 1. The van der Waals surface area contributed by atoms with Crippen LogP contribution in [-0.2, 0) is 34.1 Å². The summed E-state index contributed by atoms with van der Waals surface area (Å²) in [4.78, 5) is 37.0. The summed E-state index contributed by atoms with van der Waals surface area (Å²) in [6, 6.07) is 26.5. The van der Waals surface area contributed by atoms with Gasteiger partial charge >= 0.3 is 11.8 Å². The molecule has 54 heavy (non-hydrogen) atoms. The van der Waals surface area contributed by atoms with Gasteiger partial charge in [0.25, 0.3) is 0 Å². The van der Waals surface area contributed by atoms with Crippen LogP contribution in [0.2, 0.25) is 0 Å². The van der Waals surface area contributed by atoms with E-state index in [1.54, 1.807) is 40.3 Å². The van der Waals surface area contributed by atoms with Crippen molar-refractivity contribution < 1.29 is 42.8 Å². The van der Waals surface area contributed by atoms with Gasteiger partial charge in [-0.1, -0.05) is 87.2 Å². The molecule has 1 N–H and O–H groups in total. The largest absolute Gasteiger partial charge is 0.508 e. The third-order valence-corrected chi connectivity index (χ3v) is 9.54. The van der Waals surface area contributed by atoms with Crippen molar-refractivity contribution >= 4 is 12.0 Å². The minimum absolute atomic E-state index is 0.139. The van der Waals surface area contributed by atoms with E-state index in [1.165, 1.54) is 4.57 Å².